The molecule has 0 radical (unpaired) electrons. The molecule has 5 heteroatoms. The Balaban J connectivity index is 2.14. The Kier molecular flexibility index (Phi) is 2.69. The molecule has 1 saturated carbocycles. The van der Waals surface area contributed by atoms with E-state index in [0.29, 0.717) is 6.04 Å². The zero-order chi connectivity index (χ0) is 10.7. The normalized spacial score (nSPS) is 31.1. The summed E-state index contributed by atoms with van der Waals surface area (Å²) in [6, 6.07) is 2.69. The Labute approximate surface area is 89.1 Å². The molecule has 1 aliphatic rings. The zero-order valence-electron chi connectivity index (χ0n) is 8.85. The third-order valence-electron chi connectivity index (χ3n) is 3.23. The summed E-state index contributed by atoms with van der Waals surface area (Å²) >= 11 is 0. The molecule has 5 nitrogen and oxygen atoms in total. The second kappa shape index (κ2) is 3.99. The van der Waals surface area contributed by atoms with Crippen LogP contribution in [0.2, 0.25) is 0 Å². The lowest BCUT2D eigenvalue weighted by molar-refractivity contribution is 0.229. The lowest BCUT2D eigenvalue weighted by atomic mass is 9.80. The Morgan fingerprint density at radius 3 is 3.13 bits per heavy atom. The highest BCUT2D eigenvalue weighted by Gasteiger charge is 2.36. The highest BCUT2D eigenvalue weighted by atomic mass is 15.3. The lowest BCUT2D eigenvalue weighted by Crippen LogP contribution is -2.46. The van der Waals surface area contributed by atoms with Crippen molar-refractivity contribution >= 4 is 0 Å². The molecule has 80 valence electrons. The monoisotopic (exact) mass is 205 g/mol. The van der Waals surface area contributed by atoms with Gasteiger partial charge in [-0.15, -0.1) is 0 Å². The molecule has 1 heterocycles. The van der Waals surface area contributed by atoms with E-state index in [-0.39, 0.29) is 5.54 Å². The second-order valence-electron chi connectivity index (χ2n) is 4.07. The van der Waals surface area contributed by atoms with Gasteiger partial charge in [0.1, 0.15) is 18.2 Å². The molecule has 0 bridgehead atoms. The van der Waals surface area contributed by atoms with Crippen LogP contribution in [-0.4, -0.2) is 27.4 Å². The number of hydrogen-bond donors (Lipinski definition) is 1. The predicted molar refractivity (Wildman–Crippen MR) is 54.9 cm³/mol. The van der Waals surface area contributed by atoms with Crippen LogP contribution in [0.5, 0.6) is 0 Å². The summed E-state index contributed by atoms with van der Waals surface area (Å²) in [5.41, 5.74) is -0.380. The fraction of sp³-hybridized carbons (Fsp3) is 0.700. The fourth-order valence-corrected chi connectivity index (χ4v) is 2.26. The van der Waals surface area contributed by atoms with Crippen LogP contribution in [0.25, 0.3) is 0 Å². The molecule has 1 aromatic rings. The standard InChI is InChI=1S/C10H15N5/c1-12-10(6-11)4-2-3-9(5-10)15-8-13-7-14-15/h7-9,12H,2-5H2,1H3. The molecule has 15 heavy (non-hydrogen) atoms. The van der Waals surface area contributed by atoms with Crippen molar-refractivity contribution in [1.82, 2.24) is 20.1 Å². The van der Waals surface area contributed by atoms with Crippen LogP contribution >= 0.6 is 0 Å². The van der Waals surface area contributed by atoms with E-state index in [9.17, 15) is 5.26 Å². The van der Waals surface area contributed by atoms with Gasteiger partial charge < -0.3 is 5.32 Å². The van der Waals surface area contributed by atoms with Gasteiger partial charge in [0.15, 0.2) is 0 Å². The Hall–Kier alpha value is -1.41. The molecule has 2 rings (SSSR count). The van der Waals surface area contributed by atoms with E-state index in [0.717, 1.165) is 25.7 Å². The first-order valence-electron chi connectivity index (χ1n) is 5.24. The summed E-state index contributed by atoms with van der Waals surface area (Å²) in [5, 5.41) is 16.5. The minimum absolute atomic E-state index is 0.299. The van der Waals surface area contributed by atoms with E-state index in [4.69, 9.17) is 0 Å². The smallest absolute Gasteiger partial charge is 0.137 e. The highest BCUT2D eigenvalue weighted by molar-refractivity contribution is 5.09. The van der Waals surface area contributed by atoms with Gasteiger partial charge in [0.05, 0.1) is 12.1 Å². The lowest BCUT2D eigenvalue weighted by Gasteiger charge is -2.35. The van der Waals surface area contributed by atoms with E-state index in [1.54, 1.807) is 12.7 Å². The number of rotatable bonds is 2. The average Bonchev–Trinajstić information content (AvgIpc) is 2.82. The van der Waals surface area contributed by atoms with E-state index in [1.165, 1.54) is 0 Å². The molecular weight excluding hydrogens is 190 g/mol. The largest absolute Gasteiger partial charge is 0.302 e. The molecule has 1 aromatic heterocycles. The summed E-state index contributed by atoms with van der Waals surface area (Å²) in [7, 11) is 1.85. The van der Waals surface area contributed by atoms with Gasteiger partial charge in [-0.1, -0.05) is 0 Å². The quantitative estimate of drug-likeness (QED) is 0.778. The highest BCUT2D eigenvalue weighted by Crippen LogP contribution is 2.34. The van der Waals surface area contributed by atoms with Gasteiger partial charge in [0.25, 0.3) is 0 Å². The van der Waals surface area contributed by atoms with Crippen LogP contribution < -0.4 is 5.32 Å². The summed E-state index contributed by atoms with van der Waals surface area (Å²) in [6.45, 7) is 0. The van der Waals surface area contributed by atoms with Crippen molar-refractivity contribution in [2.45, 2.75) is 37.3 Å². The number of hydrogen-bond acceptors (Lipinski definition) is 4. The van der Waals surface area contributed by atoms with Gasteiger partial charge in [0.2, 0.25) is 0 Å². The van der Waals surface area contributed by atoms with Crippen molar-refractivity contribution < 1.29 is 0 Å². The first-order chi connectivity index (χ1) is 7.29. The molecule has 2 atom stereocenters. The van der Waals surface area contributed by atoms with Crippen molar-refractivity contribution in [3.63, 3.8) is 0 Å². The van der Waals surface area contributed by atoms with Crippen molar-refractivity contribution in [3.05, 3.63) is 12.7 Å². The topological polar surface area (TPSA) is 66.5 Å². The van der Waals surface area contributed by atoms with Crippen LogP contribution in [0.3, 0.4) is 0 Å². The van der Waals surface area contributed by atoms with E-state index in [1.807, 2.05) is 11.7 Å². The first-order valence-corrected chi connectivity index (χ1v) is 5.24. The minimum atomic E-state index is -0.380. The van der Waals surface area contributed by atoms with Crippen molar-refractivity contribution in [3.8, 4) is 6.07 Å². The van der Waals surface area contributed by atoms with Gasteiger partial charge in [-0.3, -0.25) is 0 Å². The number of nitrogens with zero attached hydrogens (tertiary/aromatic N) is 4. The van der Waals surface area contributed by atoms with Crippen molar-refractivity contribution in [2.75, 3.05) is 7.05 Å². The third-order valence-corrected chi connectivity index (χ3v) is 3.23. The molecule has 0 aliphatic heterocycles. The van der Waals surface area contributed by atoms with Gasteiger partial charge in [-0.25, -0.2) is 9.67 Å². The van der Waals surface area contributed by atoms with Crippen molar-refractivity contribution in [1.29, 1.82) is 5.26 Å². The number of nitriles is 1. The van der Waals surface area contributed by atoms with Gasteiger partial charge in [-0.05, 0) is 26.3 Å². The molecule has 0 amide bonds. The molecule has 1 fully saturated rings. The van der Waals surface area contributed by atoms with Crippen LogP contribution in [0.15, 0.2) is 12.7 Å². The summed E-state index contributed by atoms with van der Waals surface area (Å²) in [5.74, 6) is 0. The first kappa shape index (κ1) is 10.1. The maximum Gasteiger partial charge on any atom is 0.137 e. The Morgan fingerprint density at radius 2 is 2.53 bits per heavy atom. The zero-order valence-corrected chi connectivity index (χ0v) is 8.85. The maximum absolute atomic E-state index is 9.20. The van der Waals surface area contributed by atoms with E-state index < -0.39 is 0 Å². The number of aromatic nitrogens is 3. The minimum Gasteiger partial charge on any atom is -0.302 e. The molecule has 1 aliphatic carbocycles. The fourth-order valence-electron chi connectivity index (χ4n) is 2.26. The second-order valence-corrected chi connectivity index (χ2v) is 4.07. The third kappa shape index (κ3) is 1.85. The molecular formula is C10H15N5. The molecule has 0 aromatic carbocycles. The summed E-state index contributed by atoms with van der Waals surface area (Å²) < 4.78 is 1.86. The average molecular weight is 205 g/mol. The molecule has 2 unspecified atom stereocenters. The Morgan fingerprint density at radius 1 is 1.67 bits per heavy atom. The number of nitrogens with one attached hydrogen (secondary N) is 1. The van der Waals surface area contributed by atoms with Gasteiger partial charge in [0, 0.05) is 6.42 Å². The van der Waals surface area contributed by atoms with Crippen LogP contribution in [0, 0.1) is 11.3 Å². The van der Waals surface area contributed by atoms with Gasteiger partial charge in [-0.2, -0.15) is 10.4 Å². The molecule has 0 spiro atoms. The Bertz CT molecular complexity index is 352. The summed E-state index contributed by atoms with van der Waals surface area (Å²) in [4.78, 5) is 3.95. The van der Waals surface area contributed by atoms with E-state index in [2.05, 4.69) is 21.5 Å². The van der Waals surface area contributed by atoms with E-state index >= 15 is 0 Å². The van der Waals surface area contributed by atoms with Crippen LogP contribution in [0.4, 0.5) is 0 Å². The van der Waals surface area contributed by atoms with Gasteiger partial charge >= 0.3 is 0 Å². The summed E-state index contributed by atoms with van der Waals surface area (Å²) in [6.07, 6.45) is 7.14. The molecule has 0 saturated heterocycles. The molecule has 1 N–H and O–H groups in total. The predicted octanol–water partition coefficient (Wildman–Crippen LogP) is 0.875. The van der Waals surface area contributed by atoms with Crippen LogP contribution in [0.1, 0.15) is 31.7 Å². The van der Waals surface area contributed by atoms with Crippen molar-refractivity contribution in [2.24, 2.45) is 0 Å². The SMILES string of the molecule is CNC1(C#N)CCCC(n2cncn2)C1. The van der Waals surface area contributed by atoms with Crippen LogP contribution in [-0.2, 0) is 0 Å². The maximum atomic E-state index is 9.20.